The average Bonchev–Trinajstić information content (AvgIpc) is 2.56. The minimum atomic E-state index is -0.791. The van der Waals surface area contributed by atoms with E-state index < -0.39 is 17.7 Å². The lowest BCUT2D eigenvalue weighted by atomic mass is 10.3. The summed E-state index contributed by atoms with van der Waals surface area (Å²) in [5.74, 6) is -1.29. The van der Waals surface area contributed by atoms with Crippen molar-refractivity contribution in [2.24, 2.45) is 0 Å². The number of benzene rings is 2. The van der Waals surface area contributed by atoms with E-state index in [1.165, 1.54) is 19.2 Å². The van der Waals surface area contributed by atoms with Crippen molar-refractivity contribution in [1.29, 1.82) is 0 Å². The van der Waals surface area contributed by atoms with Gasteiger partial charge >= 0.3 is 5.97 Å². The quantitative estimate of drug-likeness (QED) is 0.437. The Morgan fingerprint density at radius 3 is 2.56 bits per heavy atom. The van der Waals surface area contributed by atoms with Gasteiger partial charge in [0.2, 0.25) is 5.91 Å². The molecule has 2 aromatic rings. The second kappa shape index (κ2) is 8.64. The van der Waals surface area contributed by atoms with Crippen LogP contribution in [0.5, 0.6) is 11.5 Å². The highest BCUT2D eigenvalue weighted by Gasteiger charge is 2.09. The van der Waals surface area contributed by atoms with Gasteiger partial charge in [-0.25, -0.2) is 9.18 Å². The van der Waals surface area contributed by atoms with Crippen LogP contribution in [0.15, 0.2) is 53.0 Å². The number of anilines is 1. The first-order chi connectivity index (χ1) is 11.9. The molecule has 0 saturated carbocycles. The Kier molecular flexibility index (Phi) is 6.55. The third-order valence-electron chi connectivity index (χ3n) is 2.89. The van der Waals surface area contributed by atoms with Gasteiger partial charge in [-0.1, -0.05) is 11.6 Å². The maximum Gasteiger partial charge on any atom is 0.336 e. The van der Waals surface area contributed by atoms with Crippen LogP contribution in [0.4, 0.5) is 10.1 Å². The third-order valence-corrected chi connectivity index (χ3v) is 3.75. The summed E-state index contributed by atoms with van der Waals surface area (Å²) in [6.07, 6.45) is 1.95. The van der Waals surface area contributed by atoms with Gasteiger partial charge in [0.1, 0.15) is 17.3 Å². The van der Waals surface area contributed by atoms with Gasteiger partial charge in [0, 0.05) is 17.2 Å². The summed E-state index contributed by atoms with van der Waals surface area (Å²) >= 11 is 8.95. The van der Waals surface area contributed by atoms with Gasteiger partial charge in [0.15, 0.2) is 0 Å². The van der Waals surface area contributed by atoms with Gasteiger partial charge in [-0.05, 0) is 52.3 Å². The molecule has 0 radical (unpaired) electrons. The van der Waals surface area contributed by atoms with Gasteiger partial charge in [-0.3, -0.25) is 4.79 Å². The van der Waals surface area contributed by atoms with Gasteiger partial charge in [0.25, 0.3) is 0 Å². The van der Waals surface area contributed by atoms with Crippen molar-refractivity contribution in [3.63, 3.8) is 0 Å². The van der Waals surface area contributed by atoms with E-state index in [-0.39, 0.29) is 10.2 Å². The van der Waals surface area contributed by atoms with Crippen molar-refractivity contribution < 1.29 is 23.5 Å². The fourth-order valence-corrected chi connectivity index (χ4v) is 2.40. The highest BCUT2D eigenvalue weighted by Crippen LogP contribution is 2.28. The lowest BCUT2D eigenvalue weighted by Gasteiger charge is -2.09. The van der Waals surface area contributed by atoms with Crippen LogP contribution in [-0.4, -0.2) is 19.0 Å². The predicted molar refractivity (Wildman–Crippen MR) is 95.5 cm³/mol. The number of hydrogen-bond acceptors (Lipinski definition) is 4. The zero-order valence-corrected chi connectivity index (χ0v) is 15.2. The summed E-state index contributed by atoms with van der Waals surface area (Å²) < 4.78 is 23.4. The van der Waals surface area contributed by atoms with Crippen LogP contribution in [-0.2, 0) is 9.59 Å². The fourth-order valence-electron chi connectivity index (χ4n) is 1.80. The molecule has 0 aliphatic heterocycles. The van der Waals surface area contributed by atoms with E-state index in [0.29, 0.717) is 16.5 Å². The van der Waals surface area contributed by atoms with Crippen LogP contribution in [0.1, 0.15) is 0 Å². The van der Waals surface area contributed by atoms with E-state index in [9.17, 15) is 14.0 Å². The Morgan fingerprint density at radius 1 is 1.16 bits per heavy atom. The first kappa shape index (κ1) is 19.0. The van der Waals surface area contributed by atoms with E-state index in [0.717, 1.165) is 24.3 Å². The minimum Gasteiger partial charge on any atom is -0.495 e. The Balaban J connectivity index is 2.00. The van der Waals surface area contributed by atoms with E-state index in [2.05, 4.69) is 21.2 Å². The average molecular weight is 429 g/mol. The van der Waals surface area contributed by atoms with Crippen molar-refractivity contribution >= 4 is 45.1 Å². The Morgan fingerprint density at radius 2 is 1.88 bits per heavy atom. The number of carbonyl (C=O) groups excluding carboxylic acids is 2. The minimum absolute atomic E-state index is 0.132. The van der Waals surface area contributed by atoms with Crippen molar-refractivity contribution in [3.05, 3.63) is 63.9 Å². The summed E-state index contributed by atoms with van der Waals surface area (Å²) in [5.41, 5.74) is 0.360. The number of rotatable bonds is 5. The number of amides is 1. The zero-order chi connectivity index (χ0) is 18.4. The molecule has 0 spiro atoms. The highest BCUT2D eigenvalue weighted by atomic mass is 79.9. The molecule has 0 saturated heterocycles. The first-order valence-electron chi connectivity index (χ1n) is 6.88. The molecule has 0 fully saturated rings. The molecule has 25 heavy (non-hydrogen) atoms. The molecule has 2 rings (SSSR count). The summed E-state index contributed by atoms with van der Waals surface area (Å²) in [7, 11) is 1.45. The van der Waals surface area contributed by atoms with E-state index in [1.807, 2.05) is 0 Å². The molecular formula is C17H12BrClFNO4. The summed E-state index contributed by atoms with van der Waals surface area (Å²) in [5, 5.41) is 2.96. The van der Waals surface area contributed by atoms with E-state index in [4.69, 9.17) is 21.1 Å². The van der Waals surface area contributed by atoms with Crippen LogP contribution >= 0.6 is 27.5 Å². The van der Waals surface area contributed by atoms with Crippen molar-refractivity contribution in [2.45, 2.75) is 0 Å². The van der Waals surface area contributed by atoms with Gasteiger partial charge in [-0.15, -0.1) is 0 Å². The topological polar surface area (TPSA) is 64.6 Å². The lowest BCUT2D eigenvalue weighted by molar-refractivity contribution is -0.129. The van der Waals surface area contributed by atoms with Gasteiger partial charge < -0.3 is 14.8 Å². The third kappa shape index (κ3) is 5.58. The molecule has 0 heterocycles. The molecule has 0 aliphatic carbocycles. The summed E-state index contributed by atoms with van der Waals surface area (Å²) in [4.78, 5) is 23.6. The molecule has 130 valence electrons. The number of halogens is 3. The predicted octanol–water partition coefficient (Wildman–Crippen LogP) is 4.35. The molecule has 0 aromatic heterocycles. The van der Waals surface area contributed by atoms with E-state index >= 15 is 0 Å². The monoisotopic (exact) mass is 427 g/mol. The van der Waals surface area contributed by atoms with Crippen molar-refractivity contribution in [2.75, 3.05) is 12.4 Å². The molecule has 1 N–H and O–H groups in total. The summed E-state index contributed by atoms with van der Waals surface area (Å²) in [6, 6.07) is 8.33. The van der Waals surface area contributed by atoms with Crippen LogP contribution in [0.2, 0.25) is 5.02 Å². The molecule has 0 atom stereocenters. The first-order valence-corrected chi connectivity index (χ1v) is 8.05. The molecule has 0 aliphatic rings. The smallest absolute Gasteiger partial charge is 0.336 e. The molecule has 0 unspecified atom stereocenters. The van der Waals surface area contributed by atoms with Crippen molar-refractivity contribution in [1.82, 2.24) is 0 Å². The number of esters is 1. The van der Waals surface area contributed by atoms with Gasteiger partial charge in [0.05, 0.1) is 17.3 Å². The number of ether oxygens (including phenoxy) is 2. The normalized spacial score (nSPS) is 10.6. The molecule has 2 aromatic carbocycles. The maximum absolute atomic E-state index is 13.0. The zero-order valence-electron chi connectivity index (χ0n) is 12.9. The Labute approximate surface area is 156 Å². The summed E-state index contributed by atoms with van der Waals surface area (Å²) in [6.45, 7) is 0. The van der Waals surface area contributed by atoms with Crippen LogP contribution in [0.25, 0.3) is 0 Å². The number of methoxy groups -OCH3 is 1. The Hall–Kier alpha value is -2.38. The standard InChI is InChI=1S/C17H12BrClFNO4/c1-24-15-4-2-10(19)8-13(15)21-16(22)6-7-17(23)25-14-5-3-11(20)9-12(14)18/h2-9H,1H3,(H,21,22)/b7-6+. The fraction of sp³-hybridized carbons (Fsp3) is 0.0588. The number of nitrogens with one attached hydrogen (secondary N) is 1. The van der Waals surface area contributed by atoms with Crippen molar-refractivity contribution in [3.8, 4) is 11.5 Å². The van der Waals surface area contributed by atoms with E-state index in [1.54, 1.807) is 12.1 Å². The largest absolute Gasteiger partial charge is 0.495 e. The Bertz CT molecular complexity index is 841. The molecule has 8 heteroatoms. The van der Waals surface area contributed by atoms with Crippen LogP contribution in [0.3, 0.4) is 0 Å². The van der Waals surface area contributed by atoms with Crippen LogP contribution in [0, 0.1) is 5.82 Å². The van der Waals surface area contributed by atoms with Gasteiger partial charge in [-0.2, -0.15) is 0 Å². The maximum atomic E-state index is 13.0. The second-order valence-corrected chi connectivity index (χ2v) is 5.95. The highest BCUT2D eigenvalue weighted by molar-refractivity contribution is 9.10. The molecule has 5 nitrogen and oxygen atoms in total. The lowest BCUT2D eigenvalue weighted by Crippen LogP contribution is -2.11. The number of carbonyl (C=O) groups is 2. The SMILES string of the molecule is COc1ccc(Cl)cc1NC(=O)/C=C/C(=O)Oc1ccc(F)cc1Br. The van der Waals surface area contributed by atoms with Crippen LogP contribution < -0.4 is 14.8 Å². The number of hydrogen-bond donors (Lipinski definition) is 1. The molecule has 1 amide bonds. The second-order valence-electron chi connectivity index (χ2n) is 4.66. The molecular weight excluding hydrogens is 417 g/mol. The molecule has 0 bridgehead atoms.